The van der Waals surface area contributed by atoms with Crippen LogP contribution < -0.4 is 4.74 Å². The van der Waals surface area contributed by atoms with E-state index in [1.165, 1.54) is 12.1 Å². The van der Waals surface area contributed by atoms with Gasteiger partial charge in [-0.3, -0.25) is 0 Å². The fourth-order valence-corrected chi connectivity index (χ4v) is 1.86. The molecule has 0 amide bonds. The second-order valence-electron chi connectivity index (χ2n) is 3.26. The van der Waals surface area contributed by atoms with Crippen LogP contribution in [0.4, 0.5) is 13.2 Å². The molecule has 0 saturated heterocycles. The molecule has 0 spiro atoms. The van der Waals surface area contributed by atoms with Gasteiger partial charge in [0.25, 0.3) is 0 Å². The third-order valence-electron chi connectivity index (χ3n) is 2.12. The zero-order valence-electron chi connectivity index (χ0n) is 9.55. The molecule has 102 valence electrons. The maximum Gasteiger partial charge on any atom is 0.573 e. The smallest absolute Gasteiger partial charge is 0.465 e. The zero-order chi connectivity index (χ0) is 14.6. The van der Waals surface area contributed by atoms with E-state index in [0.717, 1.165) is 13.2 Å². The molecular formula is C11H7BrF3NO3. The summed E-state index contributed by atoms with van der Waals surface area (Å²) in [5, 5.41) is 9.12. The fraction of sp³-hybridized carbons (Fsp3) is 0.273. The summed E-state index contributed by atoms with van der Waals surface area (Å²) in [5.41, 5.74) is -0.428. The van der Waals surface area contributed by atoms with Gasteiger partial charge in [-0.25, -0.2) is 4.79 Å². The Kier molecular flexibility index (Phi) is 4.78. The fourth-order valence-electron chi connectivity index (χ4n) is 1.39. The normalized spacial score (nSPS) is 10.7. The molecular weight excluding hydrogens is 331 g/mol. The maximum atomic E-state index is 12.2. The van der Waals surface area contributed by atoms with Crippen LogP contribution in [-0.2, 0) is 10.1 Å². The highest BCUT2D eigenvalue weighted by Gasteiger charge is 2.33. The number of nitriles is 1. The maximum absolute atomic E-state index is 12.2. The highest BCUT2D eigenvalue weighted by molar-refractivity contribution is 9.08. The lowest BCUT2D eigenvalue weighted by atomic mass is 10.0. The first kappa shape index (κ1) is 15.3. The van der Waals surface area contributed by atoms with Gasteiger partial charge in [-0.1, -0.05) is 22.0 Å². The van der Waals surface area contributed by atoms with Gasteiger partial charge in [-0.15, -0.1) is 13.2 Å². The zero-order valence-corrected chi connectivity index (χ0v) is 11.1. The Hall–Kier alpha value is -1.75. The lowest BCUT2D eigenvalue weighted by Gasteiger charge is -2.14. The Balaban J connectivity index is 3.46. The second kappa shape index (κ2) is 5.93. The van der Waals surface area contributed by atoms with Crippen LogP contribution >= 0.6 is 15.9 Å². The van der Waals surface area contributed by atoms with Gasteiger partial charge >= 0.3 is 12.3 Å². The highest BCUT2D eigenvalue weighted by Crippen LogP contribution is 2.31. The molecule has 0 aromatic heterocycles. The molecule has 0 radical (unpaired) electrons. The third-order valence-corrected chi connectivity index (χ3v) is 2.73. The first-order valence-electron chi connectivity index (χ1n) is 4.80. The average Bonchev–Trinajstić information content (AvgIpc) is 2.35. The summed E-state index contributed by atoms with van der Waals surface area (Å²) >= 11 is 3.07. The Bertz CT molecular complexity index is 537. The molecule has 0 heterocycles. The summed E-state index contributed by atoms with van der Waals surface area (Å²) in [5.74, 6) is -1.64. The highest BCUT2D eigenvalue weighted by atomic mass is 79.9. The van der Waals surface area contributed by atoms with Crippen molar-refractivity contribution in [3.63, 3.8) is 0 Å². The van der Waals surface area contributed by atoms with Crippen LogP contribution in [0.3, 0.4) is 0 Å². The van der Waals surface area contributed by atoms with Crippen molar-refractivity contribution in [2.45, 2.75) is 11.7 Å². The largest absolute Gasteiger partial charge is 0.573 e. The molecule has 4 nitrogen and oxygen atoms in total. The van der Waals surface area contributed by atoms with E-state index < -0.39 is 23.6 Å². The lowest BCUT2D eigenvalue weighted by Crippen LogP contribution is -2.19. The summed E-state index contributed by atoms with van der Waals surface area (Å²) in [7, 11) is 1.07. The van der Waals surface area contributed by atoms with Crippen molar-refractivity contribution in [3.05, 3.63) is 28.8 Å². The van der Waals surface area contributed by atoms with E-state index >= 15 is 0 Å². The molecule has 0 saturated carbocycles. The molecule has 1 aromatic carbocycles. The Labute approximate surface area is 114 Å². The number of hydrogen-bond donors (Lipinski definition) is 0. The molecule has 19 heavy (non-hydrogen) atoms. The molecule has 8 heteroatoms. The summed E-state index contributed by atoms with van der Waals surface area (Å²) in [6.07, 6.45) is -4.95. The monoisotopic (exact) mass is 337 g/mol. The van der Waals surface area contributed by atoms with Crippen molar-refractivity contribution >= 4 is 21.9 Å². The predicted octanol–water partition coefficient (Wildman–Crippen LogP) is 3.14. The van der Waals surface area contributed by atoms with Gasteiger partial charge in [0.1, 0.15) is 17.4 Å². The molecule has 0 fully saturated rings. The molecule has 0 unspecified atom stereocenters. The minimum absolute atomic E-state index is 0.179. The number of hydrogen-bond acceptors (Lipinski definition) is 4. The van der Waals surface area contributed by atoms with E-state index in [9.17, 15) is 18.0 Å². The number of rotatable bonds is 3. The van der Waals surface area contributed by atoms with Crippen LogP contribution in [0, 0.1) is 11.3 Å². The number of esters is 1. The molecule has 0 aliphatic carbocycles. The Morgan fingerprint density at radius 3 is 2.53 bits per heavy atom. The van der Waals surface area contributed by atoms with Crippen molar-refractivity contribution in [2.24, 2.45) is 0 Å². The lowest BCUT2D eigenvalue weighted by molar-refractivity contribution is -0.274. The van der Waals surface area contributed by atoms with E-state index in [4.69, 9.17) is 5.26 Å². The van der Waals surface area contributed by atoms with Gasteiger partial charge in [-0.05, 0) is 11.6 Å². The Morgan fingerprint density at radius 2 is 2.11 bits per heavy atom. The summed E-state index contributed by atoms with van der Waals surface area (Å²) < 4.78 is 44.8. The van der Waals surface area contributed by atoms with E-state index in [2.05, 4.69) is 25.4 Å². The van der Waals surface area contributed by atoms with E-state index in [0.29, 0.717) is 5.56 Å². The number of benzene rings is 1. The van der Waals surface area contributed by atoms with Crippen molar-refractivity contribution in [3.8, 4) is 11.8 Å². The second-order valence-corrected chi connectivity index (χ2v) is 3.82. The molecule has 0 N–H and O–H groups in total. The van der Waals surface area contributed by atoms with Crippen molar-refractivity contribution in [1.29, 1.82) is 5.26 Å². The summed E-state index contributed by atoms with van der Waals surface area (Å²) in [6, 6.07) is 3.76. The van der Waals surface area contributed by atoms with Gasteiger partial charge in [0.2, 0.25) is 0 Å². The van der Waals surface area contributed by atoms with E-state index in [1.54, 1.807) is 0 Å². The van der Waals surface area contributed by atoms with Crippen molar-refractivity contribution < 1.29 is 27.4 Å². The molecule has 0 aliphatic rings. The number of alkyl halides is 4. The molecule has 1 rings (SSSR count). The quantitative estimate of drug-likeness (QED) is 0.628. The number of carbonyl (C=O) groups is 1. The molecule has 1 aromatic rings. The number of carbonyl (C=O) groups excluding carboxylic acids is 1. The first-order valence-corrected chi connectivity index (χ1v) is 5.92. The number of halogens is 4. The van der Waals surface area contributed by atoms with E-state index in [-0.39, 0.29) is 10.9 Å². The average molecular weight is 338 g/mol. The van der Waals surface area contributed by atoms with Gasteiger partial charge < -0.3 is 9.47 Å². The van der Waals surface area contributed by atoms with E-state index in [1.807, 2.05) is 0 Å². The van der Waals surface area contributed by atoms with Crippen molar-refractivity contribution in [1.82, 2.24) is 0 Å². The van der Waals surface area contributed by atoms with Gasteiger partial charge in [0, 0.05) is 5.33 Å². The van der Waals surface area contributed by atoms with Crippen molar-refractivity contribution in [2.75, 3.05) is 7.11 Å². The van der Waals surface area contributed by atoms with Crippen LogP contribution in [0.25, 0.3) is 0 Å². The SMILES string of the molecule is COC(=O)c1c(CBr)ccc(OC(F)(F)F)c1C#N. The van der Waals surface area contributed by atoms with Crippen LogP contribution in [-0.4, -0.2) is 19.4 Å². The van der Waals surface area contributed by atoms with Crippen LogP contribution in [0.15, 0.2) is 12.1 Å². The Morgan fingerprint density at radius 1 is 1.47 bits per heavy atom. The number of methoxy groups -OCH3 is 1. The van der Waals surface area contributed by atoms with Gasteiger partial charge in [0.05, 0.1) is 12.7 Å². The van der Waals surface area contributed by atoms with Gasteiger partial charge in [-0.2, -0.15) is 5.26 Å². The predicted molar refractivity (Wildman–Crippen MR) is 61.8 cm³/mol. The molecule has 0 bridgehead atoms. The minimum Gasteiger partial charge on any atom is -0.465 e. The standard InChI is InChI=1S/C11H7BrF3NO3/c1-18-10(17)9-6(4-12)2-3-8(7(9)5-16)19-11(13,14)15/h2-3H,4H2,1H3. The van der Waals surface area contributed by atoms with Crippen LogP contribution in [0.2, 0.25) is 0 Å². The van der Waals surface area contributed by atoms with Crippen LogP contribution in [0.1, 0.15) is 21.5 Å². The molecule has 0 atom stereocenters. The number of ether oxygens (including phenoxy) is 2. The molecule has 0 aliphatic heterocycles. The first-order chi connectivity index (χ1) is 8.84. The summed E-state index contributed by atoms with van der Waals surface area (Å²) in [6.45, 7) is 0. The van der Waals surface area contributed by atoms with Crippen LogP contribution in [0.5, 0.6) is 5.75 Å². The third kappa shape index (κ3) is 3.61. The van der Waals surface area contributed by atoms with Gasteiger partial charge in [0.15, 0.2) is 0 Å². The summed E-state index contributed by atoms with van der Waals surface area (Å²) in [4.78, 5) is 11.6. The minimum atomic E-state index is -4.95. The number of nitrogens with zero attached hydrogens (tertiary/aromatic N) is 1. The topological polar surface area (TPSA) is 59.3 Å².